The van der Waals surface area contributed by atoms with E-state index in [0.29, 0.717) is 29.2 Å². The molecule has 0 aliphatic carbocycles. The molecule has 0 radical (unpaired) electrons. The number of ether oxygens (including phenoxy) is 2. The highest BCUT2D eigenvalue weighted by molar-refractivity contribution is 5.85. The van der Waals surface area contributed by atoms with Gasteiger partial charge in [0.25, 0.3) is 0 Å². The van der Waals surface area contributed by atoms with E-state index in [1.807, 2.05) is 42.5 Å². The fourth-order valence-corrected chi connectivity index (χ4v) is 5.72. The van der Waals surface area contributed by atoms with Crippen LogP contribution >= 0.6 is 0 Å². The number of benzene rings is 3. The zero-order valence-electron chi connectivity index (χ0n) is 20.9. The van der Waals surface area contributed by atoms with Gasteiger partial charge in [0.2, 0.25) is 0 Å². The molecule has 2 bridgehead atoms. The Bertz CT molecular complexity index is 1180. The zero-order chi connectivity index (χ0) is 25.7. The van der Waals surface area contributed by atoms with E-state index in [0.717, 1.165) is 43.6 Å². The van der Waals surface area contributed by atoms with Crippen molar-refractivity contribution < 1.29 is 28.2 Å². The number of aliphatic hydroxyl groups excluding tert-OH is 1. The number of carbonyl (C=O) groups excluding carboxylic acids is 1. The van der Waals surface area contributed by atoms with Gasteiger partial charge in [0, 0.05) is 24.4 Å². The molecule has 2 atom stereocenters. The van der Waals surface area contributed by atoms with Gasteiger partial charge in [-0.1, -0.05) is 48.5 Å². The molecule has 0 aromatic heterocycles. The number of para-hydroxylation sites is 1. The second-order valence-corrected chi connectivity index (χ2v) is 10.3. The van der Waals surface area contributed by atoms with Crippen molar-refractivity contribution in [2.24, 2.45) is 5.92 Å². The van der Waals surface area contributed by atoms with E-state index in [2.05, 4.69) is 17.4 Å². The number of carbonyl (C=O) groups is 1. The molecule has 37 heavy (non-hydrogen) atoms. The number of amides is 1. The summed E-state index contributed by atoms with van der Waals surface area (Å²) in [6.45, 7) is 3.28. The Morgan fingerprint density at radius 2 is 1.70 bits per heavy atom. The SMILES string of the molecule is O=C(Nc1ccccc1Cc1ccccc1)OC1C[N+]2(CC(O)COc3ccc(F)cc3)CCC1CC2. The van der Waals surface area contributed by atoms with Crippen LogP contribution in [0, 0.1) is 11.7 Å². The lowest BCUT2D eigenvalue weighted by atomic mass is 9.83. The third-order valence-corrected chi connectivity index (χ3v) is 7.65. The average molecular weight is 506 g/mol. The highest BCUT2D eigenvalue weighted by Gasteiger charge is 2.48. The first-order valence-corrected chi connectivity index (χ1v) is 13.0. The van der Waals surface area contributed by atoms with Crippen LogP contribution in [-0.2, 0) is 11.2 Å². The summed E-state index contributed by atoms with van der Waals surface area (Å²) in [6.07, 6.45) is 1.37. The number of rotatable bonds is 9. The maximum atomic E-state index is 13.1. The Kier molecular flexibility index (Phi) is 7.72. The molecular weight excluding hydrogens is 471 g/mol. The maximum absolute atomic E-state index is 13.1. The summed E-state index contributed by atoms with van der Waals surface area (Å²) in [6, 6.07) is 23.8. The van der Waals surface area contributed by atoms with Crippen LogP contribution in [0.5, 0.6) is 5.75 Å². The molecule has 3 aliphatic heterocycles. The maximum Gasteiger partial charge on any atom is 0.412 e. The summed E-state index contributed by atoms with van der Waals surface area (Å²) in [4.78, 5) is 12.9. The average Bonchev–Trinajstić information content (AvgIpc) is 2.90. The van der Waals surface area contributed by atoms with Gasteiger partial charge in [0.1, 0.15) is 37.4 Å². The van der Waals surface area contributed by atoms with Crippen LogP contribution in [0.2, 0.25) is 0 Å². The molecule has 1 amide bonds. The Balaban J connectivity index is 1.16. The predicted molar refractivity (Wildman–Crippen MR) is 140 cm³/mol. The summed E-state index contributed by atoms with van der Waals surface area (Å²) in [5.74, 6) is 0.554. The van der Waals surface area contributed by atoms with Gasteiger partial charge < -0.3 is 19.1 Å². The molecule has 6 rings (SSSR count). The van der Waals surface area contributed by atoms with Crippen LogP contribution in [0.1, 0.15) is 24.0 Å². The third kappa shape index (κ3) is 6.48. The van der Waals surface area contributed by atoms with E-state index in [4.69, 9.17) is 9.47 Å². The van der Waals surface area contributed by atoms with Gasteiger partial charge in [-0.3, -0.25) is 5.32 Å². The van der Waals surface area contributed by atoms with Crippen molar-refractivity contribution in [2.75, 3.05) is 38.1 Å². The Hall–Kier alpha value is -3.42. The van der Waals surface area contributed by atoms with Gasteiger partial charge in [0.05, 0.1) is 13.1 Å². The highest BCUT2D eigenvalue weighted by atomic mass is 19.1. The van der Waals surface area contributed by atoms with Crippen molar-refractivity contribution in [3.8, 4) is 5.75 Å². The van der Waals surface area contributed by atoms with Gasteiger partial charge in [-0.2, -0.15) is 0 Å². The number of halogens is 1. The molecule has 3 fully saturated rings. The lowest BCUT2D eigenvalue weighted by Crippen LogP contribution is -2.66. The van der Waals surface area contributed by atoms with Crippen molar-refractivity contribution in [1.29, 1.82) is 0 Å². The van der Waals surface area contributed by atoms with Gasteiger partial charge in [0.15, 0.2) is 6.10 Å². The summed E-state index contributed by atoms with van der Waals surface area (Å²) in [7, 11) is 0. The third-order valence-electron chi connectivity index (χ3n) is 7.65. The molecule has 194 valence electrons. The molecule has 3 aromatic rings. The quantitative estimate of drug-likeness (QED) is 0.401. The molecule has 2 N–H and O–H groups in total. The lowest BCUT2D eigenvalue weighted by molar-refractivity contribution is -0.948. The Labute approximate surface area is 217 Å². The number of hydrogen-bond acceptors (Lipinski definition) is 4. The predicted octanol–water partition coefficient (Wildman–Crippen LogP) is 5.01. The number of aliphatic hydroxyl groups is 1. The van der Waals surface area contributed by atoms with E-state index in [-0.39, 0.29) is 18.5 Å². The largest absolute Gasteiger partial charge is 0.491 e. The van der Waals surface area contributed by atoms with E-state index in [1.54, 1.807) is 12.1 Å². The van der Waals surface area contributed by atoms with Crippen molar-refractivity contribution >= 4 is 11.8 Å². The summed E-state index contributed by atoms with van der Waals surface area (Å²) in [5, 5.41) is 13.7. The van der Waals surface area contributed by atoms with Gasteiger partial charge >= 0.3 is 6.09 Å². The minimum absolute atomic E-state index is 0.138. The van der Waals surface area contributed by atoms with Crippen LogP contribution in [0.3, 0.4) is 0 Å². The summed E-state index contributed by atoms with van der Waals surface area (Å²) in [5.41, 5.74) is 2.97. The fraction of sp³-hybridized carbons (Fsp3) is 0.367. The Morgan fingerprint density at radius 1 is 1.00 bits per heavy atom. The number of nitrogens with one attached hydrogen (secondary N) is 1. The summed E-state index contributed by atoms with van der Waals surface area (Å²) < 4.78 is 25.4. The molecule has 3 aliphatic rings. The van der Waals surface area contributed by atoms with E-state index in [9.17, 15) is 14.3 Å². The standard InChI is InChI=1S/C30H33FN2O4/c31-25-10-12-27(13-11-25)36-21-26(34)19-33-16-14-23(15-17-33)29(20-33)37-30(35)32-28-9-5-4-8-24(28)18-22-6-2-1-3-7-22/h1-13,23,26,29,34H,14-21H2/p+1. The first kappa shape index (κ1) is 25.2. The number of quaternary nitrogens is 1. The zero-order valence-corrected chi connectivity index (χ0v) is 20.9. The number of fused-ring (bicyclic) bond motifs is 3. The van der Waals surface area contributed by atoms with Crippen molar-refractivity contribution in [2.45, 2.75) is 31.5 Å². The molecule has 3 aromatic carbocycles. The molecule has 3 heterocycles. The normalized spacial score (nSPS) is 23.3. The van der Waals surface area contributed by atoms with Crippen molar-refractivity contribution in [3.63, 3.8) is 0 Å². The van der Waals surface area contributed by atoms with E-state index in [1.165, 1.54) is 17.7 Å². The second-order valence-electron chi connectivity index (χ2n) is 10.3. The van der Waals surface area contributed by atoms with Crippen LogP contribution in [0.4, 0.5) is 14.9 Å². The molecule has 6 nitrogen and oxygen atoms in total. The first-order chi connectivity index (χ1) is 18.0. The van der Waals surface area contributed by atoms with Gasteiger partial charge in [-0.15, -0.1) is 0 Å². The number of nitrogens with zero attached hydrogens (tertiary/aromatic N) is 1. The van der Waals surface area contributed by atoms with Gasteiger partial charge in [-0.05, 0) is 47.9 Å². The molecule has 7 heteroatoms. The topological polar surface area (TPSA) is 67.8 Å². The molecule has 0 saturated carbocycles. The van der Waals surface area contributed by atoms with Crippen LogP contribution in [0.15, 0.2) is 78.9 Å². The monoisotopic (exact) mass is 505 g/mol. The minimum Gasteiger partial charge on any atom is -0.491 e. The number of piperidine rings is 3. The van der Waals surface area contributed by atoms with E-state index >= 15 is 0 Å². The van der Waals surface area contributed by atoms with Crippen LogP contribution in [0.25, 0.3) is 0 Å². The lowest BCUT2D eigenvalue weighted by Gasteiger charge is -2.52. The van der Waals surface area contributed by atoms with Crippen LogP contribution < -0.4 is 10.1 Å². The smallest absolute Gasteiger partial charge is 0.412 e. The number of hydrogen-bond donors (Lipinski definition) is 2. The highest BCUT2D eigenvalue weighted by Crippen LogP contribution is 2.36. The van der Waals surface area contributed by atoms with Crippen molar-refractivity contribution in [3.05, 3.63) is 95.8 Å². The molecular formula is C30H34FN2O4+. The molecule has 3 saturated heterocycles. The first-order valence-electron chi connectivity index (χ1n) is 13.0. The summed E-state index contributed by atoms with van der Waals surface area (Å²) >= 11 is 0. The minimum atomic E-state index is -0.668. The number of anilines is 1. The van der Waals surface area contributed by atoms with Crippen molar-refractivity contribution in [1.82, 2.24) is 0 Å². The molecule has 0 spiro atoms. The Morgan fingerprint density at radius 3 is 2.46 bits per heavy atom. The van der Waals surface area contributed by atoms with E-state index < -0.39 is 12.2 Å². The second kappa shape index (κ2) is 11.3. The fourth-order valence-electron chi connectivity index (χ4n) is 5.72. The van der Waals surface area contributed by atoms with Gasteiger partial charge in [-0.25, -0.2) is 9.18 Å². The van der Waals surface area contributed by atoms with Crippen LogP contribution in [-0.4, -0.2) is 60.7 Å². The molecule has 2 unspecified atom stereocenters.